The minimum atomic E-state index is 0.104. The normalized spacial score (nSPS) is 17.7. The molecule has 0 heteroatoms. The summed E-state index contributed by atoms with van der Waals surface area (Å²) in [6.45, 7) is 19.5. The Balaban J connectivity index is 1.94. The van der Waals surface area contributed by atoms with E-state index in [1.54, 1.807) is 55.7 Å². The van der Waals surface area contributed by atoms with E-state index in [4.69, 9.17) is 0 Å². The number of hydrogen-bond donors (Lipinski definition) is 0. The second kappa shape index (κ2) is 15.8. The van der Waals surface area contributed by atoms with Crippen LogP contribution in [0.2, 0.25) is 0 Å². The molecule has 2 aromatic rings. The molecule has 0 aromatic heterocycles. The Bertz CT molecular complexity index is 1170. The quantitative estimate of drug-likeness (QED) is 0.154. The number of benzene rings is 2. The zero-order valence-corrected chi connectivity index (χ0v) is 29.4. The molecule has 43 heavy (non-hydrogen) atoms. The first-order chi connectivity index (χ1) is 20.9. The minimum absolute atomic E-state index is 0.104. The molecule has 2 aliphatic carbocycles. The highest BCUT2D eigenvalue weighted by Crippen LogP contribution is 2.61. The Morgan fingerprint density at radius 3 is 1.14 bits per heavy atom. The molecule has 0 radical (unpaired) electrons. The van der Waals surface area contributed by atoms with Gasteiger partial charge in [0.15, 0.2) is 0 Å². The third-order valence-electron chi connectivity index (χ3n) is 10.6. The molecule has 2 aromatic carbocycles. The molecule has 0 saturated heterocycles. The molecule has 0 N–H and O–H groups in total. The molecule has 4 rings (SSSR count). The molecule has 0 saturated carbocycles. The first-order valence-electron chi connectivity index (χ1n) is 18.6. The summed E-state index contributed by atoms with van der Waals surface area (Å²) in [5.74, 6) is 0.986. The molecule has 0 amide bonds. The van der Waals surface area contributed by atoms with Gasteiger partial charge in [0.2, 0.25) is 0 Å². The van der Waals surface area contributed by atoms with Gasteiger partial charge < -0.3 is 0 Å². The fourth-order valence-electron chi connectivity index (χ4n) is 8.79. The van der Waals surface area contributed by atoms with Crippen LogP contribution in [0.4, 0.5) is 0 Å². The topological polar surface area (TPSA) is 0 Å². The van der Waals surface area contributed by atoms with E-state index in [0.717, 1.165) is 0 Å². The van der Waals surface area contributed by atoms with Gasteiger partial charge >= 0.3 is 0 Å². The lowest BCUT2D eigenvalue weighted by atomic mass is 9.60. The number of hydrogen-bond acceptors (Lipinski definition) is 0. The summed E-state index contributed by atoms with van der Waals surface area (Å²) in [4.78, 5) is 0. The minimum Gasteiger partial charge on any atom is -0.0654 e. The van der Waals surface area contributed by atoms with Gasteiger partial charge in [0.25, 0.3) is 0 Å². The highest BCUT2D eigenvalue weighted by atomic mass is 14.5. The van der Waals surface area contributed by atoms with Crippen molar-refractivity contribution >= 4 is 12.2 Å². The molecule has 0 nitrogen and oxygen atoms in total. The molecule has 0 bridgehead atoms. The van der Waals surface area contributed by atoms with Crippen LogP contribution in [0.3, 0.4) is 0 Å². The van der Waals surface area contributed by atoms with Crippen molar-refractivity contribution < 1.29 is 0 Å². The molecule has 236 valence electrons. The maximum atomic E-state index is 2.71. The molecule has 0 aliphatic heterocycles. The zero-order chi connectivity index (χ0) is 31.0. The first-order valence-corrected chi connectivity index (χ1v) is 18.6. The number of fused-ring (bicyclic) bond motifs is 2. The van der Waals surface area contributed by atoms with E-state index >= 15 is 0 Å². The van der Waals surface area contributed by atoms with Crippen molar-refractivity contribution in [2.24, 2.45) is 5.41 Å². The Kier molecular flexibility index (Phi) is 12.4. The van der Waals surface area contributed by atoms with Crippen LogP contribution in [0.1, 0.15) is 189 Å². The predicted octanol–water partition coefficient (Wildman–Crippen LogP) is 13.3. The maximum absolute atomic E-state index is 2.71. The second-order valence-corrected chi connectivity index (χ2v) is 14.5. The van der Waals surface area contributed by atoms with E-state index in [1.807, 2.05) is 0 Å². The van der Waals surface area contributed by atoms with Crippen molar-refractivity contribution in [1.29, 1.82) is 0 Å². The van der Waals surface area contributed by atoms with Crippen LogP contribution < -0.4 is 0 Å². The van der Waals surface area contributed by atoms with Gasteiger partial charge in [0.05, 0.1) is 0 Å². The van der Waals surface area contributed by atoms with Crippen molar-refractivity contribution in [2.45, 2.75) is 170 Å². The van der Waals surface area contributed by atoms with Crippen LogP contribution >= 0.6 is 0 Å². The summed E-state index contributed by atoms with van der Waals surface area (Å²) in [6, 6.07) is 10.0. The number of aryl methyl sites for hydroxylation is 4. The van der Waals surface area contributed by atoms with Crippen molar-refractivity contribution in [1.82, 2.24) is 0 Å². The van der Waals surface area contributed by atoms with E-state index in [9.17, 15) is 0 Å². The summed E-state index contributed by atoms with van der Waals surface area (Å²) in [7, 11) is 0. The highest BCUT2D eigenvalue weighted by molar-refractivity contribution is 5.75. The third kappa shape index (κ3) is 7.10. The molecule has 0 spiro atoms. The van der Waals surface area contributed by atoms with Gasteiger partial charge in [0.1, 0.15) is 0 Å². The average molecular weight is 581 g/mol. The maximum Gasteiger partial charge on any atom is 0.0120 e. The van der Waals surface area contributed by atoms with E-state index in [2.05, 4.69) is 91.8 Å². The molecule has 2 unspecified atom stereocenters. The molecule has 0 fully saturated rings. The second-order valence-electron chi connectivity index (χ2n) is 14.5. The molecule has 2 aliphatic rings. The first kappa shape index (κ1) is 33.8. The summed E-state index contributed by atoms with van der Waals surface area (Å²) in [5, 5.41) is 0. The Hall–Kier alpha value is -2.08. The Morgan fingerprint density at radius 2 is 0.791 bits per heavy atom. The molecular weight excluding hydrogens is 516 g/mol. The van der Waals surface area contributed by atoms with Crippen molar-refractivity contribution in [3.05, 3.63) is 79.9 Å². The monoisotopic (exact) mass is 581 g/mol. The molecular formula is C43H64. The summed E-state index contributed by atoms with van der Waals surface area (Å²) < 4.78 is 0. The summed E-state index contributed by atoms with van der Waals surface area (Å²) in [6.07, 6.45) is 25.4. The van der Waals surface area contributed by atoms with Crippen LogP contribution in [-0.4, -0.2) is 0 Å². The fraction of sp³-hybridized carbons (Fsp3) is 0.628. The van der Waals surface area contributed by atoms with Crippen LogP contribution in [-0.2, 0) is 25.7 Å². The Labute approximate surface area is 266 Å². The summed E-state index contributed by atoms with van der Waals surface area (Å²) >= 11 is 0. The highest BCUT2D eigenvalue weighted by Gasteiger charge is 2.48. The largest absolute Gasteiger partial charge is 0.0654 e. The van der Waals surface area contributed by atoms with Crippen LogP contribution in [0, 0.1) is 5.41 Å². The van der Waals surface area contributed by atoms with Gasteiger partial charge in [0, 0.05) is 11.8 Å². The lowest BCUT2D eigenvalue weighted by molar-refractivity contribution is 0.265. The van der Waals surface area contributed by atoms with Gasteiger partial charge in [-0.3, -0.25) is 0 Å². The van der Waals surface area contributed by atoms with Crippen molar-refractivity contribution in [3.8, 4) is 0 Å². The standard InChI is InChI=1S/C43H64/c1-9-15-17-23-35-29-37-31(19-11-3)25-27-33(21-13-5)39(37)41(35)43(7,8)42-36(24-18-16-10-2)30-38-32(20-12-4)26-28-34(22-14-6)40(38)42/h25-30,41-42H,9-24H2,1-8H3. The van der Waals surface area contributed by atoms with E-state index in [1.165, 1.54) is 103 Å². The van der Waals surface area contributed by atoms with E-state index < -0.39 is 0 Å². The smallest absolute Gasteiger partial charge is 0.0120 e. The average Bonchev–Trinajstić information content (AvgIpc) is 3.57. The molecule has 2 atom stereocenters. The van der Waals surface area contributed by atoms with Gasteiger partial charge in [-0.05, 0) is 101 Å². The Morgan fingerprint density at radius 1 is 0.442 bits per heavy atom. The SMILES string of the molecule is CCCCCC1=Cc2c(CCC)ccc(CCC)c2C1C(C)(C)C1C(CCCCC)=Cc2c(CCC)ccc(CCC)c21. The number of rotatable bonds is 18. The van der Waals surface area contributed by atoms with Crippen LogP contribution in [0.5, 0.6) is 0 Å². The predicted molar refractivity (Wildman–Crippen MR) is 192 cm³/mol. The van der Waals surface area contributed by atoms with Gasteiger partial charge in [-0.15, -0.1) is 0 Å². The van der Waals surface area contributed by atoms with Crippen molar-refractivity contribution in [2.75, 3.05) is 0 Å². The van der Waals surface area contributed by atoms with Crippen LogP contribution in [0.25, 0.3) is 12.2 Å². The molecule has 0 heterocycles. The van der Waals surface area contributed by atoms with Gasteiger partial charge in [-0.2, -0.15) is 0 Å². The van der Waals surface area contributed by atoms with Crippen LogP contribution in [0.15, 0.2) is 35.4 Å². The number of unbranched alkanes of at least 4 members (excludes halogenated alkanes) is 4. The fourth-order valence-corrected chi connectivity index (χ4v) is 8.79. The summed E-state index contributed by atoms with van der Waals surface area (Å²) in [5.41, 5.74) is 16.7. The lowest BCUT2D eigenvalue weighted by Crippen LogP contribution is -2.32. The van der Waals surface area contributed by atoms with Gasteiger partial charge in [-0.25, -0.2) is 0 Å². The van der Waals surface area contributed by atoms with E-state index in [0.29, 0.717) is 11.8 Å². The van der Waals surface area contributed by atoms with Gasteiger partial charge in [-0.1, -0.05) is 154 Å². The van der Waals surface area contributed by atoms with Crippen molar-refractivity contribution in [3.63, 3.8) is 0 Å². The number of allylic oxidation sites excluding steroid dienone is 2. The van der Waals surface area contributed by atoms with E-state index in [-0.39, 0.29) is 5.41 Å². The third-order valence-corrected chi connectivity index (χ3v) is 10.6. The lowest BCUT2D eigenvalue weighted by Gasteiger charge is -2.43. The zero-order valence-electron chi connectivity index (χ0n) is 29.4.